The molecule has 1 rings (SSSR count). The van der Waals surface area contributed by atoms with Crippen molar-refractivity contribution in [2.45, 2.75) is 11.3 Å². The minimum Gasteiger partial charge on any atom is -0.216 e. The molecular weight excluding hydrogens is 269 g/mol. The van der Waals surface area contributed by atoms with Gasteiger partial charge in [0.25, 0.3) is 15.5 Å². The molecule has 0 unspecified atom stereocenters. The fourth-order valence-electron chi connectivity index (χ4n) is 0.916. The van der Waals surface area contributed by atoms with Gasteiger partial charge in [-0.1, -0.05) is 0 Å². The van der Waals surface area contributed by atoms with Crippen molar-refractivity contribution in [3.8, 4) is 6.07 Å². The lowest BCUT2D eigenvalue weighted by Crippen LogP contribution is -2.05. The van der Waals surface area contributed by atoms with Crippen LogP contribution in [0.2, 0.25) is 0 Å². The lowest BCUT2D eigenvalue weighted by molar-refractivity contribution is 0.141. The smallest absolute Gasteiger partial charge is 0.216 e. The van der Waals surface area contributed by atoms with Crippen LogP contribution in [-0.2, 0) is 9.05 Å². The number of aromatic nitrogens is 1. The Labute approximate surface area is 92.7 Å². The van der Waals surface area contributed by atoms with Gasteiger partial charge in [-0.15, -0.1) is 0 Å². The van der Waals surface area contributed by atoms with Gasteiger partial charge in [0.2, 0.25) is 5.95 Å². The van der Waals surface area contributed by atoms with Gasteiger partial charge >= 0.3 is 0 Å². The summed E-state index contributed by atoms with van der Waals surface area (Å²) in [5.74, 6) is -1.47. The number of nitriles is 1. The van der Waals surface area contributed by atoms with Crippen LogP contribution in [0.1, 0.15) is 17.7 Å². The zero-order valence-corrected chi connectivity index (χ0v) is 8.86. The van der Waals surface area contributed by atoms with Crippen molar-refractivity contribution < 1.29 is 21.6 Å². The van der Waals surface area contributed by atoms with Gasteiger partial charge in [-0.3, -0.25) is 0 Å². The number of hydrogen-bond acceptors (Lipinski definition) is 4. The maximum absolute atomic E-state index is 12.9. The van der Waals surface area contributed by atoms with Crippen LogP contribution in [0.3, 0.4) is 0 Å². The summed E-state index contributed by atoms with van der Waals surface area (Å²) >= 11 is 0. The average molecular weight is 271 g/mol. The number of hydrogen-bond donors (Lipinski definition) is 0. The molecule has 0 amide bonds. The third kappa shape index (κ3) is 2.43. The van der Waals surface area contributed by atoms with E-state index in [4.69, 9.17) is 15.9 Å². The predicted molar refractivity (Wildman–Crippen MR) is 46.9 cm³/mol. The van der Waals surface area contributed by atoms with Crippen molar-refractivity contribution in [1.82, 2.24) is 4.98 Å². The summed E-state index contributed by atoms with van der Waals surface area (Å²) in [5.41, 5.74) is -2.09. The first-order valence-electron chi connectivity index (χ1n) is 3.60. The molecule has 0 atom stereocenters. The summed E-state index contributed by atoms with van der Waals surface area (Å²) in [6, 6.07) is 1.69. The van der Waals surface area contributed by atoms with Gasteiger partial charge in [0, 0.05) is 10.7 Å². The molecule has 0 radical (unpaired) electrons. The molecule has 1 heterocycles. The van der Waals surface area contributed by atoms with E-state index in [9.17, 15) is 21.6 Å². The first kappa shape index (κ1) is 12.7. The van der Waals surface area contributed by atoms with Crippen molar-refractivity contribution in [3.63, 3.8) is 0 Å². The third-order valence-electron chi connectivity index (χ3n) is 1.56. The van der Waals surface area contributed by atoms with Crippen molar-refractivity contribution in [3.05, 3.63) is 23.3 Å². The largest absolute Gasteiger partial charge is 0.281 e. The Morgan fingerprint density at radius 2 is 2.06 bits per heavy atom. The summed E-state index contributed by atoms with van der Waals surface area (Å²) in [6.07, 6.45) is -3.31. The van der Waals surface area contributed by atoms with Gasteiger partial charge in [-0.2, -0.15) is 9.65 Å². The van der Waals surface area contributed by atoms with E-state index in [2.05, 4.69) is 4.98 Å². The van der Waals surface area contributed by atoms with E-state index in [-0.39, 0.29) is 0 Å². The fraction of sp³-hybridized carbons (Fsp3) is 0.143. The van der Waals surface area contributed by atoms with Crippen molar-refractivity contribution in [2.24, 2.45) is 0 Å². The molecule has 0 saturated heterocycles. The van der Waals surface area contributed by atoms with E-state index < -0.39 is 37.6 Å². The molecule has 1 aromatic rings. The lowest BCUT2D eigenvalue weighted by atomic mass is 10.2. The second-order valence-electron chi connectivity index (χ2n) is 2.56. The predicted octanol–water partition coefficient (Wildman–Crippen LogP) is 1.96. The number of rotatable bonds is 2. The molecule has 4 nitrogen and oxygen atoms in total. The SMILES string of the molecule is N#Cc1cc(S(=O)(=O)Cl)c(C(F)F)nc1F. The maximum atomic E-state index is 12.9. The maximum Gasteiger partial charge on any atom is 0.281 e. The molecular formula is C7H2ClF3N2O2S. The first-order chi connectivity index (χ1) is 7.27. The van der Waals surface area contributed by atoms with E-state index >= 15 is 0 Å². The molecule has 0 fully saturated rings. The summed E-state index contributed by atoms with van der Waals surface area (Å²) in [5, 5.41) is 8.38. The molecule has 0 aliphatic heterocycles. The van der Waals surface area contributed by atoms with Crippen molar-refractivity contribution in [1.29, 1.82) is 5.26 Å². The summed E-state index contributed by atoms with van der Waals surface area (Å²) in [6.45, 7) is 0. The number of pyridine rings is 1. The molecule has 0 N–H and O–H groups in total. The minimum atomic E-state index is -4.52. The van der Waals surface area contributed by atoms with Gasteiger partial charge in [-0.25, -0.2) is 22.2 Å². The second kappa shape index (κ2) is 4.27. The molecule has 0 bridgehead atoms. The highest BCUT2D eigenvalue weighted by atomic mass is 35.7. The lowest BCUT2D eigenvalue weighted by Gasteiger charge is -2.05. The Hall–Kier alpha value is -1.33. The first-order valence-corrected chi connectivity index (χ1v) is 5.91. The normalized spacial score (nSPS) is 11.5. The van der Waals surface area contributed by atoms with E-state index in [1.807, 2.05) is 0 Å². The van der Waals surface area contributed by atoms with E-state index in [0.29, 0.717) is 6.07 Å². The molecule has 0 aliphatic rings. The van der Waals surface area contributed by atoms with Gasteiger partial charge < -0.3 is 0 Å². The molecule has 1 aromatic heterocycles. The van der Waals surface area contributed by atoms with E-state index in [1.165, 1.54) is 6.07 Å². The van der Waals surface area contributed by atoms with Gasteiger partial charge in [0.1, 0.15) is 22.2 Å². The van der Waals surface area contributed by atoms with Crippen LogP contribution in [0, 0.1) is 17.3 Å². The zero-order chi connectivity index (χ0) is 12.5. The molecule has 86 valence electrons. The van der Waals surface area contributed by atoms with Crippen LogP contribution in [0.5, 0.6) is 0 Å². The molecule has 16 heavy (non-hydrogen) atoms. The summed E-state index contributed by atoms with van der Waals surface area (Å²) in [4.78, 5) is 1.64. The number of halogens is 4. The van der Waals surface area contributed by atoms with Crippen LogP contribution in [0.4, 0.5) is 13.2 Å². The Morgan fingerprint density at radius 1 is 1.50 bits per heavy atom. The zero-order valence-electron chi connectivity index (χ0n) is 7.29. The molecule has 9 heteroatoms. The molecule has 0 aliphatic carbocycles. The third-order valence-corrected chi connectivity index (χ3v) is 2.91. The highest BCUT2D eigenvalue weighted by Crippen LogP contribution is 2.28. The van der Waals surface area contributed by atoms with Crippen LogP contribution in [0.25, 0.3) is 0 Å². The van der Waals surface area contributed by atoms with Crippen LogP contribution >= 0.6 is 10.7 Å². The summed E-state index contributed by atoms with van der Waals surface area (Å²) < 4.78 is 59.3. The highest BCUT2D eigenvalue weighted by molar-refractivity contribution is 8.13. The van der Waals surface area contributed by atoms with Crippen LogP contribution in [-0.4, -0.2) is 13.4 Å². The van der Waals surface area contributed by atoms with Crippen LogP contribution < -0.4 is 0 Å². The summed E-state index contributed by atoms with van der Waals surface area (Å²) in [7, 11) is 0.340. The van der Waals surface area contributed by atoms with E-state index in [1.54, 1.807) is 0 Å². The molecule has 0 aromatic carbocycles. The Bertz CT molecular complexity index is 568. The van der Waals surface area contributed by atoms with Crippen molar-refractivity contribution >= 4 is 19.7 Å². The highest BCUT2D eigenvalue weighted by Gasteiger charge is 2.26. The Morgan fingerprint density at radius 3 is 2.44 bits per heavy atom. The van der Waals surface area contributed by atoms with E-state index in [0.717, 1.165) is 0 Å². The average Bonchev–Trinajstić information content (AvgIpc) is 2.15. The standard InChI is InChI=1S/C7H2ClF3N2O2S/c8-16(14,15)4-1-3(2-12)7(11)13-5(4)6(9)10/h1,6H. The Balaban J connectivity index is 3.64. The molecule has 0 saturated carbocycles. The minimum absolute atomic E-state index is 0.423. The topological polar surface area (TPSA) is 70.8 Å². The van der Waals surface area contributed by atoms with Crippen LogP contribution in [0.15, 0.2) is 11.0 Å². The fourth-order valence-corrected chi connectivity index (χ4v) is 1.93. The van der Waals surface area contributed by atoms with Crippen molar-refractivity contribution in [2.75, 3.05) is 0 Å². The number of nitrogens with zero attached hydrogens (tertiary/aromatic N) is 2. The molecule has 0 spiro atoms. The van der Waals surface area contributed by atoms with Gasteiger partial charge in [0.15, 0.2) is 0 Å². The quantitative estimate of drug-likeness (QED) is 0.608. The Kier molecular flexibility index (Phi) is 3.40. The number of alkyl halides is 2. The second-order valence-corrected chi connectivity index (χ2v) is 5.09. The van der Waals surface area contributed by atoms with Gasteiger partial charge in [-0.05, 0) is 6.07 Å². The van der Waals surface area contributed by atoms with Gasteiger partial charge in [0.05, 0.1) is 0 Å². The monoisotopic (exact) mass is 270 g/mol.